The van der Waals surface area contributed by atoms with Crippen molar-refractivity contribution in [3.05, 3.63) is 27.7 Å². The molecule has 2 atom stereocenters. The Morgan fingerprint density at radius 2 is 2.22 bits per heavy atom. The number of aryl methyl sites for hydroxylation is 1. The molecule has 0 spiro atoms. The standard InChI is InChI=1S/C14H17BrO3/c1-8-4-13(17-3)11(6-12(8)15)14(16)10-5-9(2)18-7-10/h4,6,9-10H,5,7H2,1-3H3. The van der Waals surface area contributed by atoms with Crippen LogP contribution in [-0.4, -0.2) is 25.6 Å². The zero-order chi connectivity index (χ0) is 13.3. The first-order valence-electron chi connectivity index (χ1n) is 6.03. The van der Waals surface area contributed by atoms with Crippen molar-refractivity contribution in [2.75, 3.05) is 13.7 Å². The van der Waals surface area contributed by atoms with Gasteiger partial charge in [0.1, 0.15) is 5.75 Å². The molecule has 0 amide bonds. The number of methoxy groups -OCH3 is 1. The summed E-state index contributed by atoms with van der Waals surface area (Å²) < 4.78 is 11.7. The second-order valence-corrected chi connectivity index (χ2v) is 5.60. The van der Waals surface area contributed by atoms with Crippen molar-refractivity contribution in [1.29, 1.82) is 0 Å². The van der Waals surface area contributed by atoms with Crippen LogP contribution >= 0.6 is 15.9 Å². The summed E-state index contributed by atoms with van der Waals surface area (Å²) in [7, 11) is 1.59. The normalized spacial score (nSPS) is 23.1. The number of benzene rings is 1. The molecule has 0 saturated carbocycles. The topological polar surface area (TPSA) is 35.5 Å². The van der Waals surface area contributed by atoms with Gasteiger partial charge < -0.3 is 9.47 Å². The largest absolute Gasteiger partial charge is 0.496 e. The van der Waals surface area contributed by atoms with E-state index < -0.39 is 0 Å². The smallest absolute Gasteiger partial charge is 0.172 e. The Morgan fingerprint density at radius 3 is 2.78 bits per heavy atom. The first kappa shape index (κ1) is 13.6. The number of hydrogen-bond acceptors (Lipinski definition) is 3. The van der Waals surface area contributed by atoms with Crippen LogP contribution in [0.3, 0.4) is 0 Å². The minimum Gasteiger partial charge on any atom is -0.496 e. The molecule has 0 radical (unpaired) electrons. The molecule has 1 heterocycles. The number of hydrogen-bond donors (Lipinski definition) is 0. The highest BCUT2D eigenvalue weighted by Gasteiger charge is 2.30. The number of ketones is 1. The summed E-state index contributed by atoms with van der Waals surface area (Å²) in [4.78, 5) is 12.5. The van der Waals surface area contributed by atoms with Crippen molar-refractivity contribution in [2.45, 2.75) is 26.4 Å². The quantitative estimate of drug-likeness (QED) is 0.803. The minimum atomic E-state index is -0.0523. The van der Waals surface area contributed by atoms with Crippen LogP contribution in [-0.2, 0) is 4.74 Å². The summed E-state index contributed by atoms with van der Waals surface area (Å²) in [5.74, 6) is 0.695. The Bertz CT molecular complexity index is 470. The lowest BCUT2D eigenvalue weighted by atomic mass is 9.94. The van der Waals surface area contributed by atoms with E-state index in [1.54, 1.807) is 7.11 Å². The Morgan fingerprint density at radius 1 is 1.50 bits per heavy atom. The molecule has 1 aromatic carbocycles. The Labute approximate surface area is 116 Å². The molecule has 2 unspecified atom stereocenters. The summed E-state index contributed by atoms with van der Waals surface area (Å²) >= 11 is 3.46. The molecule has 0 N–H and O–H groups in total. The van der Waals surface area contributed by atoms with E-state index in [2.05, 4.69) is 15.9 Å². The highest BCUT2D eigenvalue weighted by molar-refractivity contribution is 9.10. The Balaban J connectivity index is 2.32. The Hall–Kier alpha value is -0.870. The number of halogens is 1. The fourth-order valence-electron chi connectivity index (χ4n) is 2.24. The summed E-state index contributed by atoms with van der Waals surface area (Å²) in [6, 6.07) is 3.73. The van der Waals surface area contributed by atoms with Gasteiger partial charge in [0.05, 0.1) is 25.4 Å². The van der Waals surface area contributed by atoms with Crippen molar-refractivity contribution < 1.29 is 14.3 Å². The average Bonchev–Trinajstić information content (AvgIpc) is 2.78. The molecule has 98 valence electrons. The van der Waals surface area contributed by atoms with Crippen molar-refractivity contribution in [3.63, 3.8) is 0 Å². The predicted octanol–water partition coefficient (Wildman–Crippen LogP) is 3.37. The maximum Gasteiger partial charge on any atom is 0.172 e. The van der Waals surface area contributed by atoms with Crippen LogP contribution in [0.15, 0.2) is 16.6 Å². The molecule has 1 fully saturated rings. The van der Waals surface area contributed by atoms with Gasteiger partial charge in [-0.15, -0.1) is 0 Å². The SMILES string of the molecule is COc1cc(C)c(Br)cc1C(=O)C1COC(C)C1. The highest BCUT2D eigenvalue weighted by Crippen LogP contribution is 2.31. The van der Waals surface area contributed by atoms with Crippen molar-refractivity contribution in [1.82, 2.24) is 0 Å². The van der Waals surface area contributed by atoms with E-state index in [-0.39, 0.29) is 17.8 Å². The molecule has 0 bridgehead atoms. The monoisotopic (exact) mass is 312 g/mol. The average molecular weight is 313 g/mol. The van der Waals surface area contributed by atoms with Gasteiger partial charge in [0.25, 0.3) is 0 Å². The van der Waals surface area contributed by atoms with Gasteiger partial charge in [-0.05, 0) is 38.0 Å². The van der Waals surface area contributed by atoms with Gasteiger partial charge >= 0.3 is 0 Å². The lowest BCUT2D eigenvalue weighted by molar-refractivity contribution is 0.0875. The van der Waals surface area contributed by atoms with E-state index in [4.69, 9.17) is 9.47 Å². The van der Waals surface area contributed by atoms with Gasteiger partial charge in [-0.3, -0.25) is 4.79 Å². The molecular formula is C14H17BrO3. The number of ether oxygens (including phenoxy) is 2. The van der Waals surface area contributed by atoms with Crippen LogP contribution in [0.1, 0.15) is 29.3 Å². The highest BCUT2D eigenvalue weighted by atomic mass is 79.9. The van der Waals surface area contributed by atoms with E-state index in [9.17, 15) is 4.79 Å². The van der Waals surface area contributed by atoms with Crippen LogP contribution in [0.4, 0.5) is 0 Å². The second kappa shape index (κ2) is 5.41. The molecule has 4 heteroatoms. The first-order valence-corrected chi connectivity index (χ1v) is 6.82. The lowest BCUT2D eigenvalue weighted by Crippen LogP contribution is -2.16. The van der Waals surface area contributed by atoms with Crippen LogP contribution in [0.2, 0.25) is 0 Å². The zero-order valence-electron chi connectivity index (χ0n) is 10.8. The van der Waals surface area contributed by atoms with E-state index in [1.165, 1.54) is 0 Å². The molecule has 0 aliphatic carbocycles. The van der Waals surface area contributed by atoms with Gasteiger partial charge in [-0.2, -0.15) is 0 Å². The van der Waals surface area contributed by atoms with Gasteiger partial charge in [0.2, 0.25) is 0 Å². The van der Waals surface area contributed by atoms with E-state index in [0.717, 1.165) is 16.5 Å². The van der Waals surface area contributed by atoms with Crippen molar-refractivity contribution in [3.8, 4) is 5.75 Å². The van der Waals surface area contributed by atoms with E-state index >= 15 is 0 Å². The predicted molar refractivity (Wildman–Crippen MR) is 73.3 cm³/mol. The molecule has 0 aromatic heterocycles. The second-order valence-electron chi connectivity index (χ2n) is 4.74. The number of carbonyl (C=O) groups excluding carboxylic acids is 1. The summed E-state index contributed by atoms with van der Waals surface area (Å²) in [6.07, 6.45) is 0.951. The summed E-state index contributed by atoms with van der Waals surface area (Å²) in [6.45, 7) is 4.48. The number of carbonyl (C=O) groups is 1. The zero-order valence-corrected chi connectivity index (χ0v) is 12.4. The molecule has 2 rings (SSSR count). The molecule has 18 heavy (non-hydrogen) atoms. The first-order chi connectivity index (χ1) is 8.52. The minimum absolute atomic E-state index is 0.0523. The van der Waals surface area contributed by atoms with E-state index in [0.29, 0.717) is 17.9 Å². The van der Waals surface area contributed by atoms with Crippen molar-refractivity contribution >= 4 is 21.7 Å². The fraction of sp³-hybridized carbons (Fsp3) is 0.500. The van der Waals surface area contributed by atoms with Gasteiger partial charge in [-0.25, -0.2) is 0 Å². The fourth-order valence-corrected chi connectivity index (χ4v) is 2.58. The number of rotatable bonds is 3. The Kier molecular flexibility index (Phi) is 4.07. The maximum atomic E-state index is 12.5. The van der Waals surface area contributed by atoms with Crippen LogP contribution in [0.25, 0.3) is 0 Å². The van der Waals surface area contributed by atoms with Crippen LogP contribution in [0.5, 0.6) is 5.75 Å². The molecule has 1 saturated heterocycles. The molecule has 1 aliphatic heterocycles. The summed E-state index contributed by atoms with van der Waals surface area (Å²) in [5.41, 5.74) is 1.69. The van der Waals surface area contributed by atoms with Crippen molar-refractivity contribution in [2.24, 2.45) is 5.92 Å². The third-order valence-electron chi connectivity index (χ3n) is 3.32. The molecule has 1 aromatic rings. The molecule has 1 aliphatic rings. The maximum absolute atomic E-state index is 12.5. The van der Waals surface area contributed by atoms with Gasteiger partial charge in [0.15, 0.2) is 5.78 Å². The summed E-state index contributed by atoms with van der Waals surface area (Å²) in [5, 5.41) is 0. The van der Waals surface area contributed by atoms with Crippen LogP contribution in [0, 0.1) is 12.8 Å². The molecular weight excluding hydrogens is 296 g/mol. The lowest BCUT2D eigenvalue weighted by Gasteiger charge is -2.13. The van der Waals surface area contributed by atoms with Gasteiger partial charge in [-0.1, -0.05) is 15.9 Å². The van der Waals surface area contributed by atoms with E-state index in [1.807, 2.05) is 26.0 Å². The van der Waals surface area contributed by atoms with Gasteiger partial charge in [0, 0.05) is 10.4 Å². The number of Topliss-reactive ketones (excluding diaryl/α,β-unsaturated/α-hetero) is 1. The van der Waals surface area contributed by atoms with Crippen LogP contribution < -0.4 is 4.74 Å². The third-order valence-corrected chi connectivity index (χ3v) is 4.17. The third kappa shape index (κ3) is 2.59. The molecule has 3 nitrogen and oxygen atoms in total.